The Labute approximate surface area is 126 Å². The maximum atomic E-state index is 12.9. The molecule has 3 rings (SSSR count). The molecule has 2 fully saturated rings. The van der Waals surface area contributed by atoms with Crippen molar-refractivity contribution in [3.63, 3.8) is 0 Å². The summed E-state index contributed by atoms with van der Waals surface area (Å²) in [6.45, 7) is 1.40. The number of carbonyl (C=O) groups is 1. The topological polar surface area (TPSA) is 38.8 Å². The Balaban J connectivity index is 1.76. The molecule has 1 aromatic carbocycles. The second-order valence-electron chi connectivity index (χ2n) is 6.15. The van der Waals surface area contributed by atoms with E-state index >= 15 is 0 Å². The van der Waals surface area contributed by atoms with E-state index in [4.69, 9.17) is 9.47 Å². The van der Waals surface area contributed by atoms with Crippen molar-refractivity contribution >= 4 is 5.91 Å². The van der Waals surface area contributed by atoms with Crippen molar-refractivity contribution in [1.29, 1.82) is 0 Å². The fraction of sp³-hybridized carbons (Fsp3) is 0.588. The normalized spacial score (nSPS) is 23.1. The van der Waals surface area contributed by atoms with E-state index in [2.05, 4.69) is 6.07 Å². The van der Waals surface area contributed by atoms with Gasteiger partial charge in [0.2, 0.25) is 5.91 Å². The van der Waals surface area contributed by atoms with Gasteiger partial charge >= 0.3 is 0 Å². The lowest BCUT2D eigenvalue weighted by Crippen LogP contribution is -2.55. The molecular formula is C17H23NO3. The fourth-order valence-electron chi connectivity index (χ4n) is 3.43. The van der Waals surface area contributed by atoms with Crippen LogP contribution in [-0.4, -0.2) is 38.2 Å². The summed E-state index contributed by atoms with van der Waals surface area (Å²) in [5.41, 5.74) is 0.910. The van der Waals surface area contributed by atoms with Crippen molar-refractivity contribution in [2.45, 2.75) is 31.7 Å². The predicted octanol–water partition coefficient (Wildman–Crippen LogP) is 2.79. The van der Waals surface area contributed by atoms with Gasteiger partial charge in [-0.15, -0.1) is 0 Å². The number of benzene rings is 1. The molecule has 4 nitrogen and oxygen atoms in total. The molecule has 21 heavy (non-hydrogen) atoms. The average Bonchev–Trinajstić information content (AvgIpc) is 2.41. The van der Waals surface area contributed by atoms with Crippen LogP contribution in [0.4, 0.5) is 0 Å². The minimum atomic E-state index is -0.258. The van der Waals surface area contributed by atoms with Crippen molar-refractivity contribution in [1.82, 2.24) is 4.90 Å². The van der Waals surface area contributed by atoms with Gasteiger partial charge < -0.3 is 14.4 Å². The highest BCUT2D eigenvalue weighted by Gasteiger charge is 2.49. The Morgan fingerprint density at radius 3 is 2.71 bits per heavy atom. The highest BCUT2D eigenvalue weighted by Crippen LogP contribution is 2.46. The summed E-state index contributed by atoms with van der Waals surface area (Å²) < 4.78 is 10.6. The maximum Gasteiger partial charge on any atom is 0.231 e. The van der Waals surface area contributed by atoms with Gasteiger partial charge in [-0.2, -0.15) is 0 Å². The minimum Gasteiger partial charge on any atom is -0.497 e. The first-order chi connectivity index (χ1) is 10.2. The van der Waals surface area contributed by atoms with Crippen LogP contribution < -0.4 is 4.74 Å². The molecule has 1 aromatic rings. The van der Waals surface area contributed by atoms with Crippen LogP contribution in [0.3, 0.4) is 0 Å². The summed E-state index contributed by atoms with van der Waals surface area (Å²) in [4.78, 5) is 14.9. The number of methoxy groups -OCH3 is 2. The van der Waals surface area contributed by atoms with Crippen LogP contribution in [0.25, 0.3) is 0 Å². The largest absolute Gasteiger partial charge is 0.497 e. The van der Waals surface area contributed by atoms with E-state index in [1.807, 2.05) is 23.1 Å². The molecule has 1 saturated carbocycles. The molecule has 1 atom stereocenters. The zero-order chi connectivity index (χ0) is 14.9. The van der Waals surface area contributed by atoms with Crippen molar-refractivity contribution < 1.29 is 14.3 Å². The average molecular weight is 289 g/mol. The zero-order valence-electron chi connectivity index (χ0n) is 12.8. The highest BCUT2D eigenvalue weighted by molar-refractivity contribution is 5.85. The molecule has 0 radical (unpaired) electrons. The van der Waals surface area contributed by atoms with Gasteiger partial charge in [0.1, 0.15) is 5.75 Å². The van der Waals surface area contributed by atoms with Crippen LogP contribution in [0.1, 0.15) is 37.3 Å². The third kappa shape index (κ3) is 2.42. The lowest BCUT2D eigenvalue weighted by molar-refractivity contribution is -0.160. The van der Waals surface area contributed by atoms with Crippen molar-refractivity contribution in [3.05, 3.63) is 29.8 Å². The molecule has 0 bridgehead atoms. The second kappa shape index (κ2) is 5.68. The number of nitrogens with zero attached hydrogens (tertiary/aromatic N) is 1. The SMILES string of the molecule is COCC1(C(=O)N2CC[C@@H]2c2cccc(OC)c2)CCC1. The number of amides is 1. The summed E-state index contributed by atoms with van der Waals surface area (Å²) in [5.74, 6) is 1.12. The summed E-state index contributed by atoms with van der Waals surface area (Å²) in [6, 6.07) is 8.24. The second-order valence-corrected chi connectivity index (χ2v) is 6.15. The van der Waals surface area contributed by atoms with Crippen LogP contribution in [0.2, 0.25) is 0 Å². The Morgan fingerprint density at radius 1 is 1.38 bits per heavy atom. The first-order valence-electron chi connectivity index (χ1n) is 7.64. The minimum absolute atomic E-state index is 0.196. The van der Waals surface area contributed by atoms with Crippen LogP contribution >= 0.6 is 0 Å². The van der Waals surface area contributed by atoms with Gasteiger partial charge in [0.05, 0.1) is 25.2 Å². The number of likely N-dealkylation sites (tertiary alicyclic amines) is 1. The molecule has 1 saturated heterocycles. The van der Waals surface area contributed by atoms with Gasteiger partial charge in [-0.25, -0.2) is 0 Å². The van der Waals surface area contributed by atoms with E-state index in [0.29, 0.717) is 6.61 Å². The third-order valence-electron chi connectivity index (χ3n) is 4.94. The maximum absolute atomic E-state index is 12.9. The van der Waals surface area contributed by atoms with Crippen LogP contribution in [0.5, 0.6) is 5.75 Å². The van der Waals surface area contributed by atoms with Crippen molar-refractivity contribution in [3.8, 4) is 5.75 Å². The van der Waals surface area contributed by atoms with E-state index < -0.39 is 0 Å². The molecule has 0 N–H and O–H groups in total. The van der Waals surface area contributed by atoms with Gasteiger partial charge in [0, 0.05) is 13.7 Å². The third-order valence-corrected chi connectivity index (χ3v) is 4.94. The molecule has 4 heteroatoms. The van der Waals surface area contributed by atoms with E-state index in [0.717, 1.165) is 38.0 Å². The predicted molar refractivity (Wildman–Crippen MR) is 80.2 cm³/mol. The number of carbonyl (C=O) groups excluding carboxylic acids is 1. The van der Waals surface area contributed by atoms with Gasteiger partial charge in [-0.05, 0) is 37.0 Å². The van der Waals surface area contributed by atoms with E-state index in [9.17, 15) is 4.79 Å². The van der Waals surface area contributed by atoms with Gasteiger partial charge in [-0.3, -0.25) is 4.79 Å². The molecule has 0 aromatic heterocycles. The van der Waals surface area contributed by atoms with Crippen molar-refractivity contribution in [2.24, 2.45) is 5.41 Å². The molecule has 114 valence electrons. The molecule has 2 aliphatic rings. The van der Waals surface area contributed by atoms with Crippen LogP contribution in [0.15, 0.2) is 24.3 Å². The monoisotopic (exact) mass is 289 g/mol. The number of ether oxygens (including phenoxy) is 2. The standard InChI is InChI=1S/C17H23NO3/c1-20-12-17(8-4-9-17)16(19)18-10-7-15(18)13-5-3-6-14(11-13)21-2/h3,5-6,11,15H,4,7-10,12H2,1-2H3/t15-/m1/s1. The summed E-state index contributed by atoms with van der Waals surface area (Å²) in [6.07, 6.45) is 4.08. The molecule has 1 amide bonds. The molecular weight excluding hydrogens is 266 g/mol. The molecule has 1 aliphatic heterocycles. The smallest absolute Gasteiger partial charge is 0.231 e. The first kappa shape index (κ1) is 14.4. The summed E-state index contributed by atoms with van der Waals surface area (Å²) in [7, 11) is 3.35. The van der Waals surface area contributed by atoms with Crippen LogP contribution in [0, 0.1) is 5.41 Å². The van der Waals surface area contributed by atoms with Gasteiger partial charge in [0.15, 0.2) is 0 Å². The highest BCUT2D eigenvalue weighted by atomic mass is 16.5. The Kier molecular flexibility index (Phi) is 3.89. The first-order valence-corrected chi connectivity index (χ1v) is 7.64. The van der Waals surface area contributed by atoms with Crippen LogP contribution in [-0.2, 0) is 9.53 Å². The van der Waals surface area contributed by atoms with Gasteiger partial charge in [-0.1, -0.05) is 18.6 Å². The number of rotatable bonds is 5. The fourth-order valence-corrected chi connectivity index (χ4v) is 3.43. The van der Waals surface area contributed by atoms with E-state index in [-0.39, 0.29) is 17.4 Å². The quantitative estimate of drug-likeness (QED) is 0.836. The summed E-state index contributed by atoms with van der Waals surface area (Å²) >= 11 is 0. The lowest BCUT2D eigenvalue weighted by atomic mass is 9.67. The number of hydrogen-bond acceptors (Lipinski definition) is 3. The summed E-state index contributed by atoms with van der Waals surface area (Å²) in [5, 5.41) is 0. The Morgan fingerprint density at radius 2 is 2.19 bits per heavy atom. The lowest BCUT2D eigenvalue weighted by Gasteiger charge is -2.49. The molecule has 1 aliphatic carbocycles. The van der Waals surface area contributed by atoms with E-state index in [1.165, 1.54) is 5.56 Å². The molecule has 0 unspecified atom stereocenters. The van der Waals surface area contributed by atoms with Crippen molar-refractivity contribution in [2.75, 3.05) is 27.4 Å². The van der Waals surface area contributed by atoms with E-state index in [1.54, 1.807) is 14.2 Å². The van der Waals surface area contributed by atoms with Gasteiger partial charge in [0.25, 0.3) is 0 Å². The Hall–Kier alpha value is -1.55. The zero-order valence-corrected chi connectivity index (χ0v) is 12.8. The Bertz CT molecular complexity index is 525. The number of hydrogen-bond donors (Lipinski definition) is 0. The molecule has 0 spiro atoms. The molecule has 1 heterocycles.